The van der Waals surface area contributed by atoms with E-state index in [2.05, 4.69) is 4.98 Å². The number of thioether (sulfide) groups is 1. The number of carbonyl (C=O) groups excluding carboxylic acids is 2. The van der Waals surface area contributed by atoms with Crippen molar-refractivity contribution >= 4 is 46.5 Å². The first-order valence-corrected chi connectivity index (χ1v) is 11.0. The zero-order chi connectivity index (χ0) is 21.4. The molecule has 154 valence electrons. The van der Waals surface area contributed by atoms with Gasteiger partial charge in [0.2, 0.25) is 0 Å². The molecule has 1 aliphatic heterocycles. The van der Waals surface area contributed by atoms with Gasteiger partial charge in [-0.05, 0) is 42.0 Å². The number of carbonyl (C=O) groups is 2. The molecule has 1 aromatic heterocycles. The van der Waals surface area contributed by atoms with Crippen LogP contribution in [0, 0.1) is 5.92 Å². The average molecular weight is 461 g/mol. The number of ketones is 1. The van der Waals surface area contributed by atoms with Gasteiger partial charge in [0.15, 0.2) is 5.78 Å². The summed E-state index contributed by atoms with van der Waals surface area (Å²) in [6.07, 6.45) is 0. The molecule has 6 nitrogen and oxygen atoms in total. The van der Waals surface area contributed by atoms with E-state index in [1.165, 1.54) is 0 Å². The van der Waals surface area contributed by atoms with Crippen molar-refractivity contribution in [3.8, 4) is 5.75 Å². The summed E-state index contributed by atoms with van der Waals surface area (Å²) >= 11 is 7.87. The quantitative estimate of drug-likeness (QED) is 0.588. The molecule has 3 aromatic rings. The first-order valence-electron chi connectivity index (χ1n) is 8.93. The van der Waals surface area contributed by atoms with E-state index in [0.717, 1.165) is 23.1 Å². The van der Waals surface area contributed by atoms with E-state index >= 15 is 0 Å². The van der Waals surface area contributed by atoms with Gasteiger partial charge < -0.3 is 19.6 Å². The largest absolute Gasteiger partial charge is 0.549 e. The first-order chi connectivity index (χ1) is 14.4. The molecule has 0 saturated heterocycles. The monoisotopic (exact) mass is 460 g/mol. The summed E-state index contributed by atoms with van der Waals surface area (Å²) in [6, 6.07) is 13.4. The topological polar surface area (TPSA) is 99.3 Å². The van der Waals surface area contributed by atoms with Crippen molar-refractivity contribution in [1.29, 1.82) is 0 Å². The van der Waals surface area contributed by atoms with Crippen LogP contribution in [-0.2, 0) is 4.79 Å². The number of Topliss-reactive ketones (excluding diaryl/α,β-unsaturated/α-hetero) is 1. The van der Waals surface area contributed by atoms with Gasteiger partial charge in [0.1, 0.15) is 5.75 Å². The lowest BCUT2D eigenvalue weighted by Crippen LogP contribution is -2.46. The number of fused-ring (bicyclic) bond motifs is 1. The van der Waals surface area contributed by atoms with E-state index in [1.807, 2.05) is 0 Å². The second kappa shape index (κ2) is 8.29. The van der Waals surface area contributed by atoms with Gasteiger partial charge in [-0.25, -0.2) is 0 Å². The highest BCUT2D eigenvalue weighted by atomic mass is 35.5. The fourth-order valence-corrected chi connectivity index (χ4v) is 6.15. The van der Waals surface area contributed by atoms with E-state index in [-0.39, 0.29) is 10.7 Å². The van der Waals surface area contributed by atoms with Crippen molar-refractivity contribution in [1.82, 2.24) is 4.98 Å². The number of nitrogens with one attached hydrogen (secondary N) is 1. The second-order valence-corrected chi connectivity index (χ2v) is 9.32. The maximum absolute atomic E-state index is 13.5. The van der Waals surface area contributed by atoms with Crippen molar-refractivity contribution in [2.24, 2.45) is 5.92 Å². The van der Waals surface area contributed by atoms with Crippen LogP contribution in [0.5, 0.6) is 5.75 Å². The maximum Gasteiger partial charge on any atom is 0.305 e. The Labute approximate surface area is 184 Å². The van der Waals surface area contributed by atoms with E-state index in [4.69, 9.17) is 16.3 Å². The average Bonchev–Trinajstić information content (AvgIpc) is 3.12. The Morgan fingerprint density at radius 1 is 1.10 bits per heavy atom. The molecule has 0 radical (unpaired) electrons. The molecule has 9 heteroatoms. The van der Waals surface area contributed by atoms with Crippen molar-refractivity contribution in [2.45, 2.75) is 16.2 Å². The van der Waals surface area contributed by atoms with Gasteiger partial charge in [-0.15, -0.1) is 0 Å². The number of hydrogen-bond acceptors (Lipinski definition) is 7. The van der Waals surface area contributed by atoms with Crippen LogP contribution in [0.25, 0.3) is 0 Å². The molecule has 0 spiro atoms. The zero-order valence-corrected chi connectivity index (χ0v) is 18.0. The molecule has 1 aliphatic rings. The van der Waals surface area contributed by atoms with Crippen LogP contribution in [0.2, 0.25) is 5.02 Å². The number of rotatable bonds is 5. The number of hydrogen-bond donors (Lipinski definition) is 1. The lowest BCUT2D eigenvalue weighted by molar-refractivity contribution is -0.305. The molecule has 0 saturated carbocycles. The van der Waals surface area contributed by atoms with E-state index < -0.39 is 23.1 Å². The van der Waals surface area contributed by atoms with Gasteiger partial charge in [0.05, 0.1) is 29.3 Å². The third kappa shape index (κ3) is 3.78. The number of ether oxygens (including phenoxy) is 1. The lowest BCUT2D eigenvalue weighted by atomic mass is 9.78. The van der Waals surface area contributed by atoms with Gasteiger partial charge in [0.25, 0.3) is 0 Å². The molecular formula is C21H15ClNO5S2-. The van der Waals surface area contributed by atoms with Crippen LogP contribution >= 0.6 is 34.7 Å². The number of carboxylic acid groups (broad SMARTS) is 1. The molecule has 2 aromatic carbocycles. The summed E-state index contributed by atoms with van der Waals surface area (Å²) < 4.78 is 5.20. The van der Waals surface area contributed by atoms with Crippen molar-refractivity contribution in [3.63, 3.8) is 0 Å². The number of halogens is 1. The Morgan fingerprint density at radius 2 is 1.77 bits per heavy atom. The molecule has 1 N–H and O–H groups in total. The number of methoxy groups -OCH3 is 1. The summed E-state index contributed by atoms with van der Waals surface area (Å²) in [6.45, 7) is 0. The summed E-state index contributed by atoms with van der Waals surface area (Å²) in [7, 11) is 1.54. The molecular weight excluding hydrogens is 446 g/mol. The molecule has 30 heavy (non-hydrogen) atoms. The summed E-state index contributed by atoms with van der Waals surface area (Å²) in [5, 5.41) is 11.8. The molecule has 0 amide bonds. The molecule has 3 atom stereocenters. The van der Waals surface area contributed by atoms with Crippen molar-refractivity contribution in [3.05, 3.63) is 79.2 Å². The highest BCUT2D eigenvalue weighted by molar-refractivity contribution is 8.00. The third-order valence-corrected chi connectivity index (χ3v) is 7.64. The summed E-state index contributed by atoms with van der Waals surface area (Å²) in [4.78, 5) is 40.6. The number of aliphatic carboxylic acids is 1. The van der Waals surface area contributed by atoms with Gasteiger partial charge in [-0.2, -0.15) is 0 Å². The molecule has 0 bridgehead atoms. The van der Waals surface area contributed by atoms with Crippen molar-refractivity contribution < 1.29 is 19.4 Å². The fraction of sp³-hybridized carbons (Fsp3) is 0.190. The van der Waals surface area contributed by atoms with Crippen molar-refractivity contribution in [2.75, 3.05) is 7.11 Å². The minimum Gasteiger partial charge on any atom is -0.549 e. The van der Waals surface area contributed by atoms with Crippen LogP contribution in [0.1, 0.15) is 26.7 Å². The number of carboxylic acids is 1. The maximum atomic E-state index is 13.5. The zero-order valence-electron chi connectivity index (χ0n) is 15.6. The first kappa shape index (κ1) is 20.7. The van der Waals surface area contributed by atoms with Crippen LogP contribution in [0.15, 0.2) is 58.4 Å². The smallest absolute Gasteiger partial charge is 0.305 e. The van der Waals surface area contributed by atoms with Crippen LogP contribution in [-0.4, -0.2) is 29.1 Å². The Morgan fingerprint density at radius 3 is 2.37 bits per heavy atom. The Kier molecular flexibility index (Phi) is 5.73. The molecule has 0 unspecified atom stereocenters. The minimum atomic E-state index is -1.36. The van der Waals surface area contributed by atoms with Gasteiger partial charge in [-0.3, -0.25) is 9.59 Å². The Bertz CT molecular complexity index is 1150. The SMILES string of the molecule is COc1ccc([C@H]2c3sc(=O)[nH]c3S[C@H](C(=O)[O-])[C@@H]2C(=O)c2ccc(Cl)cc2)cc1. The lowest BCUT2D eigenvalue weighted by Gasteiger charge is -2.37. The molecule has 0 aliphatic carbocycles. The Balaban J connectivity index is 1.89. The predicted molar refractivity (Wildman–Crippen MR) is 114 cm³/mol. The van der Waals surface area contributed by atoms with Crippen LogP contribution in [0.4, 0.5) is 0 Å². The van der Waals surface area contributed by atoms with Gasteiger partial charge in [-0.1, -0.05) is 46.8 Å². The van der Waals surface area contributed by atoms with E-state index in [0.29, 0.717) is 31.8 Å². The summed E-state index contributed by atoms with van der Waals surface area (Å²) in [5.41, 5.74) is 1.06. The molecule has 4 rings (SSSR count). The molecule has 0 fully saturated rings. The number of benzene rings is 2. The van der Waals surface area contributed by atoms with E-state index in [1.54, 1.807) is 55.6 Å². The van der Waals surface area contributed by atoms with E-state index in [9.17, 15) is 19.5 Å². The number of thiazole rings is 1. The molecule has 2 heterocycles. The third-order valence-electron chi connectivity index (χ3n) is 4.99. The second-order valence-electron chi connectivity index (χ2n) is 6.71. The van der Waals surface area contributed by atoms with Gasteiger partial charge in [0, 0.05) is 21.4 Å². The van der Waals surface area contributed by atoms with Crippen LogP contribution < -0.4 is 14.7 Å². The predicted octanol–water partition coefficient (Wildman–Crippen LogP) is 2.95. The van der Waals surface area contributed by atoms with Crippen LogP contribution in [0.3, 0.4) is 0 Å². The fourth-order valence-electron chi connectivity index (χ4n) is 3.62. The highest BCUT2D eigenvalue weighted by Crippen LogP contribution is 2.50. The normalized spacial score (nSPS) is 20.4. The van der Waals surface area contributed by atoms with Gasteiger partial charge >= 0.3 is 4.87 Å². The minimum absolute atomic E-state index is 0.303. The number of aromatic amines is 1. The summed E-state index contributed by atoms with van der Waals surface area (Å²) in [5.74, 6) is -2.66. The highest BCUT2D eigenvalue weighted by Gasteiger charge is 2.45. The number of H-pyrrole nitrogens is 1. The standard InChI is InChI=1S/C21H16ClNO5S2/c1-28-13-8-4-10(5-9-13)14-15(16(24)11-2-6-12(22)7-3-11)18(20(25)26)29-19-17(14)30-21(27)23-19/h2-9,14-15,18H,1H3,(H,23,27)(H,25,26)/p-1/t14-,15+,18+/m1/s1. The Hall–Kier alpha value is -2.55. The number of aromatic nitrogens is 1.